The molecular weight excluding hydrogens is 310 g/mol. The van der Waals surface area contributed by atoms with Gasteiger partial charge in [0.25, 0.3) is 0 Å². The van der Waals surface area contributed by atoms with Gasteiger partial charge in [0.1, 0.15) is 5.02 Å². The van der Waals surface area contributed by atoms with E-state index >= 15 is 0 Å². The molecule has 0 unspecified atom stereocenters. The van der Waals surface area contributed by atoms with Crippen molar-refractivity contribution in [1.29, 1.82) is 0 Å². The number of rotatable bonds is 3. The van der Waals surface area contributed by atoms with Crippen LogP contribution < -0.4 is 5.73 Å². The summed E-state index contributed by atoms with van der Waals surface area (Å²) >= 11 is 7.84. The Hall–Kier alpha value is -0.590. The van der Waals surface area contributed by atoms with Crippen molar-refractivity contribution in [3.8, 4) is 0 Å². The van der Waals surface area contributed by atoms with Gasteiger partial charge in [-0.25, -0.2) is 13.2 Å². The van der Waals surface area contributed by atoms with Crippen molar-refractivity contribution in [2.45, 2.75) is 6.42 Å². The van der Waals surface area contributed by atoms with Crippen LogP contribution in [0.1, 0.15) is 16.8 Å². The lowest BCUT2D eigenvalue weighted by Crippen LogP contribution is -2.13. The number of hydrogen-bond acceptors (Lipinski definition) is 2. The Labute approximate surface area is 103 Å². The molecule has 16 heavy (non-hydrogen) atoms. The predicted molar refractivity (Wildman–Crippen MR) is 57.0 cm³/mol. The topological polar surface area (TPSA) is 43.1 Å². The number of carbonyl (C=O) groups is 1. The third-order valence-electron chi connectivity index (χ3n) is 1.86. The Morgan fingerprint density at radius 1 is 1.25 bits per heavy atom. The smallest absolute Gasteiger partial charge is 0.181 e. The fourth-order valence-corrected chi connectivity index (χ4v) is 1.99. The van der Waals surface area contributed by atoms with Crippen LogP contribution in [-0.2, 0) is 0 Å². The van der Waals surface area contributed by atoms with Gasteiger partial charge in [0.05, 0.1) is 10.0 Å². The van der Waals surface area contributed by atoms with Gasteiger partial charge in [0.2, 0.25) is 0 Å². The SMILES string of the molecule is NCCC(=O)c1c(F)c(F)c(Cl)c(F)c1Br. The third-order valence-corrected chi connectivity index (χ3v) is 2.94. The number of halogens is 5. The van der Waals surface area contributed by atoms with Gasteiger partial charge in [-0.15, -0.1) is 0 Å². The first kappa shape index (κ1) is 13.5. The van der Waals surface area contributed by atoms with E-state index < -0.39 is 38.3 Å². The van der Waals surface area contributed by atoms with Gasteiger partial charge >= 0.3 is 0 Å². The monoisotopic (exact) mass is 315 g/mol. The molecule has 0 heterocycles. The van der Waals surface area contributed by atoms with Gasteiger partial charge in [0.15, 0.2) is 23.2 Å². The standard InChI is InChI=1S/C9H6BrClF3NO/c10-5-4(3(16)1-2-15)7(12)9(14)6(11)8(5)13/h1-2,15H2. The van der Waals surface area contributed by atoms with E-state index in [1.54, 1.807) is 0 Å². The number of nitrogens with two attached hydrogens (primary N) is 1. The summed E-state index contributed by atoms with van der Waals surface area (Å²) in [7, 11) is 0. The molecule has 0 atom stereocenters. The molecule has 2 N–H and O–H groups in total. The van der Waals surface area contributed by atoms with Crippen LogP contribution in [0.15, 0.2) is 4.47 Å². The van der Waals surface area contributed by atoms with Crippen molar-refractivity contribution in [2.75, 3.05) is 6.54 Å². The first-order valence-electron chi connectivity index (χ1n) is 4.16. The second kappa shape index (κ2) is 5.16. The zero-order valence-electron chi connectivity index (χ0n) is 7.79. The molecule has 0 bridgehead atoms. The Morgan fingerprint density at radius 3 is 2.31 bits per heavy atom. The lowest BCUT2D eigenvalue weighted by molar-refractivity contribution is 0.0979. The number of ketones is 1. The zero-order valence-corrected chi connectivity index (χ0v) is 10.1. The lowest BCUT2D eigenvalue weighted by Gasteiger charge is -2.08. The van der Waals surface area contributed by atoms with E-state index in [0.717, 1.165) is 0 Å². The molecule has 1 aromatic carbocycles. The summed E-state index contributed by atoms with van der Waals surface area (Å²) in [5.41, 5.74) is 4.40. The quantitative estimate of drug-likeness (QED) is 0.529. The Balaban J connectivity index is 3.45. The van der Waals surface area contributed by atoms with Crippen molar-refractivity contribution in [1.82, 2.24) is 0 Å². The van der Waals surface area contributed by atoms with Gasteiger partial charge in [0, 0.05) is 6.42 Å². The molecular formula is C9H6BrClF3NO. The van der Waals surface area contributed by atoms with Crippen LogP contribution in [0.25, 0.3) is 0 Å². The summed E-state index contributed by atoms with van der Waals surface area (Å²) in [6.07, 6.45) is -0.212. The first-order valence-corrected chi connectivity index (χ1v) is 5.33. The normalized spacial score (nSPS) is 10.6. The van der Waals surface area contributed by atoms with E-state index in [1.807, 2.05) is 0 Å². The molecule has 0 aliphatic heterocycles. The average molecular weight is 317 g/mol. The highest BCUT2D eigenvalue weighted by molar-refractivity contribution is 9.10. The van der Waals surface area contributed by atoms with Crippen molar-refractivity contribution in [3.05, 3.63) is 32.5 Å². The van der Waals surface area contributed by atoms with Gasteiger partial charge in [-0.1, -0.05) is 11.6 Å². The van der Waals surface area contributed by atoms with E-state index in [1.165, 1.54) is 0 Å². The van der Waals surface area contributed by atoms with Gasteiger partial charge in [-0.3, -0.25) is 4.79 Å². The van der Waals surface area contributed by atoms with Crippen LogP contribution in [0.5, 0.6) is 0 Å². The van der Waals surface area contributed by atoms with Crippen LogP contribution in [0.2, 0.25) is 5.02 Å². The van der Waals surface area contributed by atoms with E-state index in [9.17, 15) is 18.0 Å². The van der Waals surface area contributed by atoms with Crippen molar-refractivity contribution in [2.24, 2.45) is 5.73 Å². The number of carbonyl (C=O) groups excluding carboxylic acids is 1. The molecule has 2 nitrogen and oxygen atoms in total. The molecule has 0 saturated carbocycles. The molecule has 0 amide bonds. The molecule has 1 aromatic rings. The number of benzene rings is 1. The minimum atomic E-state index is -1.58. The second-order valence-electron chi connectivity index (χ2n) is 2.91. The van der Waals surface area contributed by atoms with Crippen LogP contribution in [0.3, 0.4) is 0 Å². The lowest BCUT2D eigenvalue weighted by atomic mass is 10.1. The van der Waals surface area contributed by atoms with Crippen LogP contribution in [0, 0.1) is 17.5 Å². The van der Waals surface area contributed by atoms with Crippen LogP contribution in [0.4, 0.5) is 13.2 Å². The largest absolute Gasteiger partial charge is 0.330 e. The highest BCUT2D eigenvalue weighted by Gasteiger charge is 2.26. The summed E-state index contributed by atoms with van der Waals surface area (Å²) < 4.78 is 39.2. The second-order valence-corrected chi connectivity index (χ2v) is 4.08. The number of hydrogen-bond donors (Lipinski definition) is 1. The molecule has 0 saturated heterocycles. The molecule has 0 aromatic heterocycles. The van der Waals surface area contributed by atoms with Gasteiger partial charge in [-0.2, -0.15) is 0 Å². The summed E-state index contributed by atoms with van der Waals surface area (Å²) in [6.45, 7) is -0.0451. The van der Waals surface area contributed by atoms with Crippen LogP contribution in [-0.4, -0.2) is 12.3 Å². The molecule has 0 fully saturated rings. The molecule has 7 heteroatoms. The fraction of sp³-hybridized carbons (Fsp3) is 0.222. The summed E-state index contributed by atoms with van der Waals surface area (Å²) in [5, 5.41) is -0.992. The van der Waals surface area contributed by atoms with Crippen LogP contribution >= 0.6 is 27.5 Å². The molecule has 0 aliphatic carbocycles. The van der Waals surface area contributed by atoms with Gasteiger partial charge in [-0.05, 0) is 22.5 Å². The fourth-order valence-electron chi connectivity index (χ4n) is 1.11. The Kier molecular flexibility index (Phi) is 4.35. The maximum Gasteiger partial charge on any atom is 0.181 e. The minimum Gasteiger partial charge on any atom is -0.330 e. The molecule has 1 rings (SSSR count). The Morgan fingerprint density at radius 2 is 1.81 bits per heavy atom. The van der Waals surface area contributed by atoms with E-state index in [-0.39, 0.29) is 13.0 Å². The third kappa shape index (κ3) is 2.23. The zero-order chi connectivity index (χ0) is 12.5. The number of Topliss-reactive ketones (excluding diaryl/α,β-unsaturated/α-hetero) is 1. The Bertz CT molecular complexity index is 424. The van der Waals surface area contributed by atoms with E-state index in [4.69, 9.17) is 17.3 Å². The first-order chi connectivity index (χ1) is 7.41. The molecule has 0 radical (unpaired) electrons. The van der Waals surface area contributed by atoms with Crippen molar-refractivity contribution < 1.29 is 18.0 Å². The summed E-state index contributed by atoms with van der Waals surface area (Å²) in [4.78, 5) is 11.4. The van der Waals surface area contributed by atoms with Crippen molar-refractivity contribution in [3.63, 3.8) is 0 Å². The molecule has 0 spiro atoms. The molecule has 88 valence electrons. The highest BCUT2D eigenvalue weighted by atomic mass is 79.9. The highest BCUT2D eigenvalue weighted by Crippen LogP contribution is 2.32. The predicted octanol–water partition coefficient (Wildman–Crippen LogP) is 3.05. The molecule has 0 aliphatic rings. The van der Waals surface area contributed by atoms with Crippen molar-refractivity contribution >= 4 is 33.3 Å². The van der Waals surface area contributed by atoms with E-state index in [2.05, 4.69) is 15.9 Å². The minimum absolute atomic E-state index is 0.0451. The summed E-state index contributed by atoms with van der Waals surface area (Å²) in [5.74, 6) is -5.05. The van der Waals surface area contributed by atoms with Gasteiger partial charge < -0.3 is 5.73 Å². The average Bonchev–Trinajstić information content (AvgIpc) is 2.24. The van der Waals surface area contributed by atoms with E-state index in [0.29, 0.717) is 0 Å². The maximum absolute atomic E-state index is 13.4. The summed E-state index contributed by atoms with van der Waals surface area (Å²) in [6, 6.07) is 0. The maximum atomic E-state index is 13.4.